The fraction of sp³-hybridized carbons (Fsp3) is 0.300. The summed E-state index contributed by atoms with van der Waals surface area (Å²) in [5.74, 6) is -1.11. The first-order valence-corrected chi connectivity index (χ1v) is 4.57. The third-order valence-corrected chi connectivity index (χ3v) is 1.86. The molecule has 2 N–H and O–H groups in total. The van der Waals surface area contributed by atoms with Gasteiger partial charge in [-0.2, -0.15) is 0 Å². The Labute approximate surface area is 87.1 Å². The first-order chi connectivity index (χ1) is 7.20. The van der Waals surface area contributed by atoms with Gasteiger partial charge in [-0.25, -0.2) is 4.79 Å². The highest BCUT2D eigenvalue weighted by molar-refractivity contribution is 5.87. The van der Waals surface area contributed by atoms with E-state index in [0.717, 1.165) is 0 Å². The summed E-state index contributed by atoms with van der Waals surface area (Å²) in [5.41, 5.74) is 0. The van der Waals surface area contributed by atoms with Crippen LogP contribution in [-0.4, -0.2) is 28.0 Å². The third kappa shape index (κ3) is 4.21. The largest absolute Gasteiger partial charge is 0.480 e. The van der Waals surface area contributed by atoms with Crippen LogP contribution in [0.2, 0.25) is 0 Å². The third-order valence-electron chi connectivity index (χ3n) is 1.86. The van der Waals surface area contributed by atoms with Crippen molar-refractivity contribution >= 4 is 11.9 Å². The first-order valence-electron chi connectivity index (χ1n) is 4.57. The molecule has 1 saturated heterocycles. The molecule has 0 saturated carbocycles. The molecule has 5 heteroatoms. The van der Waals surface area contributed by atoms with Crippen LogP contribution >= 0.6 is 0 Å². The molecule has 1 aromatic rings. The standard InChI is InChI=1S/C5H7NO3.C5H5N/c7-4-2-1-3(6-4)5(8)9;1-2-4-6-5-3-1/h3H,1-2H2,(H,6,7)(H,8,9);1-5H. The molecule has 2 rings (SSSR count). The maximum absolute atomic E-state index is 10.4. The highest BCUT2D eigenvalue weighted by Crippen LogP contribution is 2.05. The number of hydrogen-bond acceptors (Lipinski definition) is 3. The lowest BCUT2D eigenvalue weighted by Gasteiger charge is -1.99. The van der Waals surface area contributed by atoms with Gasteiger partial charge in [-0.1, -0.05) is 6.07 Å². The van der Waals surface area contributed by atoms with Gasteiger partial charge in [-0.05, 0) is 18.6 Å². The highest BCUT2D eigenvalue weighted by Gasteiger charge is 2.26. The molecule has 1 aliphatic rings. The number of carboxylic acids is 1. The summed E-state index contributed by atoms with van der Waals surface area (Å²) in [6.45, 7) is 0. The second-order valence-corrected chi connectivity index (χ2v) is 3.02. The average Bonchev–Trinajstić information content (AvgIpc) is 2.69. The predicted molar refractivity (Wildman–Crippen MR) is 53.0 cm³/mol. The normalized spacial score (nSPS) is 18.7. The van der Waals surface area contributed by atoms with E-state index >= 15 is 0 Å². The number of carboxylic acid groups (broad SMARTS) is 1. The summed E-state index contributed by atoms with van der Waals surface area (Å²) in [6, 6.07) is 5.07. The van der Waals surface area contributed by atoms with Gasteiger partial charge in [0.25, 0.3) is 0 Å². The van der Waals surface area contributed by atoms with Gasteiger partial charge >= 0.3 is 5.97 Å². The Hall–Kier alpha value is -1.91. The van der Waals surface area contributed by atoms with Crippen molar-refractivity contribution in [2.75, 3.05) is 0 Å². The number of carbonyl (C=O) groups is 2. The Bertz CT molecular complexity index is 300. The zero-order chi connectivity index (χ0) is 11.1. The van der Waals surface area contributed by atoms with E-state index in [0.29, 0.717) is 12.8 Å². The van der Waals surface area contributed by atoms with Gasteiger partial charge in [-0.3, -0.25) is 9.78 Å². The van der Waals surface area contributed by atoms with Gasteiger partial charge in [0.15, 0.2) is 0 Å². The molecule has 2 heterocycles. The van der Waals surface area contributed by atoms with Crippen molar-refractivity contribution in [3.05, 3.63) is 30.6 Å². The van der Waals surface area contributed by atoms with Crippen molar-refractivity contribution in [2.45, 2.75) is 18.9 Å². The fourth-order valence-corrected chi connectivity index (χ4v) is 1.11. The molecule has 0 radical (unpaired) electrons. The molecule has 1 aliphatic heterocycles. The Kier molecular flexibility index (Phi) is 4.28. The van der Waals surface area contributed by atoms with Crippen LogP contribution < -0.4 is 5.32 Å². The number of carbonyl (C=O) groups excluding carboxylic acids is 1. The Morgan fingerprint density at radius 2 is 2.07 bits per heavy atom. The van der Waals surface area contributed by atoms with Gasteiger partial charge in [0, 0.05) is 18.8 Å². The lowest BCUT2D eigenvalue weighted by atomic mass is 10.2. The highest BCUT2D eigenvalue weighted by atomic mass is 16.4. The molecule has 1 unspecified atom stereocenters. The number of rotatable bonds is 1. The van der Waals surface area contributed by atoms with E-state index in [-0.39, 0.29) is 5.91 Å². The van der Waals surface area contributed by atoms with E-state index in [2.05, 4.69) is 10.3 Å². The fourth-order valence-electron chi connectivity index (χ4n) is 1.11. The van der Waals surface area contributed by atoms with Crippen molar-refractivity contribution in [1.82, 2.24) is 10.3 Å². The molecule has 1 amide bonds. The van der Waals surface area contributed by atoms with Crippen LogP contribution in [0, 0.1) is 0 Å². The summed E-state index contributed by atoms with van der Waals surface area (Å²) in [7, 11) is 0. The lowest BCUT2D eigenvalue weighted by Crippen LogP contribution is -2.32. The van der Waals surface area contributed by atoms with Gasteiger partial charge in [0.2, 0.25) is 5.91 Å². The molecule has 1 aromatic heterocycles. The number of aliphatic carboxylic acids is 1. The van der Waals surface area contributed by atoms with Crippen LogP contribution in [0.15, 0.2) is 30.6 Å². The summed E-state index contributed by atoms with van der Waals surface area (Å²) in [4.78, 5) is 24.3. The zero-order valence-corrected chi connectivity index (χ0v) is 8.09. The molecular weight excluding hydrogens is 196 g/mol. The van der Waals surface area contributed by atoms with Crippen molar-refractivity contribution in [2.24, 2.45) is 0 Å². The van der Waals surface area contributed by atoms with E-state index in [4.69, 9.17) is 5.11 Å². The lowest BCUT2D eigenvalue weighted by molar-refractivity contribution is -0.140. The minimum absolute atomic E-state index is 0.164. The van der Waals surface area contributed by atoms with Crippen molar-refractivity contribution in [3.63, 3.8) is 0 Å². The zero-order valence-electron chi connectivity index (χ0n) is 8.09. The van der Waals surface area contributed by atoms with E-state index in [1.807, 2.05) is 18.2 Å². The summed E-state index contributed by atoms with van der Waals surface area (Å²) >= 11 is 0. The second-order valence-electron chi connectivity index (χ2n) is 3.02. The molecule has 15 heavy (non-hydrogen) atoms. The van der Waals surface area contributed by atoms with E-state index in [9.17, 15) is 9.59 Å². The molecule has 0 aliphatic carbocycles. The molecule has 1 atom stereocenters. The Morgan fingerprint density at radius 1 is 1.40 bits per heavy atom. The number of amides is 1. The van der Waals surface area contributed by atoms with Gasteiger partial charge in [0.1, 0.15) is 6.04 Å². The molecular formula is C10H12N2O3. The molecule has 0 bridgehead atoms. The van der Waals surface area contributed by atoms with Crippen LogP contribution in [0.4, 0.5) is 0 Å². The van der Waals surface area contributed by atoms with Crippen LogP contribution in [-0.2, 0) is 9.59 Å². The predicted octanol–water partition coefficient (Wildman–Crippen LogP) is 0.431. The van der Waals surface area contributed by atoms with Crippen molar-refractivity contribution in [1.29, 1.82) is 0 Å². The number of hydrogen-bond donors (Lipinski definition) is 2. The second kappa shape index (κ2) is 5.74. The molecule has 1 fully saturated rings. The number of aromatic nitrogens is 1. The molecule has 5 nitrogen and oxygen atoms in total. The summed E-state index contributed by atoms with van der Waals surface area (Å²) < 4.78 is 0. The summed E-state index contributed by atoms with van der Waals surface area (Å²) in [5, 5.41) is 10.6. The monoisotopic (exact) mass is 208 g/mol. The average molecular weight is 208 g/mol. The van der Waals surface area contributed by atoms with Crippen LogP contribution in [0.25, 0.3) is 0 Å². The van der Waals surface area contributed by atoms with Crippen molar-refractivity contribution in [3.8, 4) is 0 Å². The maximum atomic E-state index is 10.4. The van der Waals surface area contributed by atoms with Crippen molar-refractivity contribution < 1.29 is 14.7 Å². The van der Waals surface area contributed by atoms with Crippen LogP contribution in [0.3, 0.4) is 0 Å². The van der Waals surface area contributed by atoms with Gasteiger partial charge < -0.3 is 10.4 Å². The number of nitrogens with zero attached hydrogens (tertiary/aromatic N) is 1. The van der Waals surface area contributed by atoms with Gasteiger partial charge in [-0.15, -0.1) is 0 Å². The molecule has 0 spiro atoms. The molecule has 0 aromatic carbocycles. The minimum atomic E-state index is -0.944. The van der Waals surface area contributed by atoms with Crippen LogP contribution in [0.5, 0.6) is 0 Å². The van der Waals surface area contributed by atoms with E-state index in [1.165, 1.54) is 0 Å². The number of nitrogens with one attached hydrogen (secondary N) is 1. The topological polar surface area (TPSA) is 79.3 Å². The SMILES string of the molecule is O=C1CCC(C(=O)O)N1.c1ccncc1. The Morgan fingerprint density at radius 3 is 2.27 bits per heavy atom. The Balaban J connectivity index is 0.000000162. The number of pyridine rings is 1. The minimum Gasteiger partial charge on any atom is -0.480 e. The van der Waals surface area contributed by atoms with E-state index < -0.39 is 12.0 Å². The van der Waals surface area contributed by atoms with Gasteiger partial charge in [0.05, 0.1) is 0 Å². The summed E-state index contributed by atoms with van der Waals surface area (Å²) in [6.07, 6.45) is 4.27. The maximum Gasteiger partial charge on any atom is 0.326 e. The smallest absolute Gasteiger partial charge is 0.326 e. The molecule has 80 valence electrons. The first kappa shape index (κ1) is 11.2. The quantitative estimate of drug-likeness (QED) is 0.701. The van der Waals surface area contributed by atoms with Crippen LogP contribution in [0.1, 0.15) is 12.8 Å². The van der Waals surface area contributed by atoms with E-state index in [1.54, 1.807) is 12.4 Å².